The molecule has 0 amide bonds. The Morgan fingerprint density at radius 3 is 2.41 bits per heavy atom. The van der Waals surface area contributed by atoms with Gasteiger partial charge < -0.3 is 25.0 Å². The Morgan fingerprint density at radius 2 is 1.85 bits per heavy atom. The standard InChI is InChI=1S/C21H36N4O2/c1-6-22-20(24-16-19(26-5)21(2,3)4)23-15-17-7-9-18(10-8-17)25-11-13-27-14-12-25/h7-10,19H,6,11-16H2,1-5H3,(H2,22,23,24). The van der Waals surface area contributed by atoms with Gasteiger partial charge in [-0.05, 0) is 30.0 Å². The molecule has 1 aromatic carbocycles. The Hall–Kier alpha value is -1.79. The van der Waals surface area contributed by atoms with Gasteiger partial charge in [0.2, 0.25) is 0 Å². The number of aliphatic imine (C=N–C) groups is 1. The number of hydrogen-bond donors (Lipinski definition) is 2. The second-order valence-electron chi connectivity index (χ2n) is 7.93. The van der Waals surface area contributed by atoms with Gasteiger partial charge in [-0.3, -0.25) is 0 Å². The van der Waals surface area contributed by atoms with Crippen LogP contribution in [-0.2, 0) is 16.0 Å². The molecule has 0 bridgehead atoms. The smallest absolute Gasteiger partial charge is 0.191 e. The maximum Gasteiger partial charge on any atom is 0.191 e. The van der Waals surface area contributed by atoms with Crippen LogP contribution in [0.1, 0.15) is 33.3 Å². The average molecular weight is 377 g/mol. The zero-order valence-corrected chi connectivity index (χ0v) is 17.5. The normalized spacial score (nSPS) is 16.9. The lowest BCUT2D eigenvalue weighted by Crippen LogP contribution is -2.45. The van der Waals surface area contributed by atoms with E-state index >= 15 is 0 Å². The van der Waals surface area contributed by atoms with Gasteiger partial charge in [-0.1, -0.05) is 32.9 Å². The lowest BCUT2D eigenvalue weighted by Gasteiger charge is -2.30. The number of ether oxygens (including phenoxy) is 2. The van der Waals surface area contributed by atoms with Crippen LogP contribution in [0, 0.1) is 5.41 Å². The van der Waals surface area contributed by atoms with Crippen molar-refractivity contribution in [3.05, 3.63) is 29.8 Å². The molecule has 2 rings (SSSR count). The SMILES string of the molecule is CCNC(=NCc1ccc(N2CCOCC2)cc1)NCC(OC)C(C)(C)C. The van der Waals surface area contributed by atoms with Gasteiger partial charge in [-0.25, -0.2) is 4.99 Å². The van der Waals surface area contributed by atoms with Crippen LogP contribution < -0.4 is 15.5 Å². The summed E-state index contributed by atoms with van der Waals surface area (Å²) < 4.78 is 11.0. The summed E-state index contributed by atoms with van der Waals surface area (Å²) >= 11 is 0. The number of methoxy groups -OCH3 is 1. The number of morpholine rings is 1. The van der Waals surface area contributed by atoms with Gasteiger partial charge in [0.1, 0.15) is 0 Å². The van der Waals surface area contributed by atoms with E-state index in [1.165, 1.54) is 11.3 Å². The highest BCUT2D eigenvalue weighted by molar-refractivity contribution is 5.79. The number of rotatable bonds is 7. The van der Waals surface area contributed by atoms with Crippen molar-refractivity contribution in [3.8, 4) is 0 Å². The highest BCUT2D eigenvalue weighted by Crippen LogP contribution is 2.21. The van der Waals surface area contributed by atoms with Crippen LogP contribution in [0.4, 0.5) is 5.69 Å². The van der Waals surface area contributed by atoms with Crippen molar-refractivity contribution in [3.63, 3.8) is 0 Å². The summed E-state index contributed by atoms with van der Waals surface area (Å²) in [5.41, 5.74) is 2.53. The molecule has 6 heteroatoms. The molecule has 1 saturated heterocycles. The van der Waals surface area contributed by atoms with Crippen LogP contribution >= 0.6 is 0 Å². The first-order valence-electron chi connectivity index (χ1n) is 9.90. The molecule has 1 aromatic rings. The lowest BCUT2D eigenvalue weighted by atomic mass is 9.89. The van der Waals surface area contributed by atoms with Crippen LogP contribution in [0.25, 0.3) is 0 Å². The summed E-state index contributed by atoms with van der Waals surface area (Å²) in [6.45, 7) is 14.4. The van der Waals surface area contributed by atoms with Crippen molar-refractivity contribution in [2.24, 2.45) is 10.4 Å². The third kappa shape index (κ3) is 7.03. The topological polar surface area (TPSA) is 58.1 Å². The summed E-state index contributed by atoms with van der Waals surface area (Å²) in [6, 6.07) is 8.67. The van der Waals surface area contributed by atoms with Gasteiger partial charge in [0.25, 0.3) is 0 Å². The highest BCUT2D eigenvalue weighted by atomic mass is 16.5. The molecule has 0 aliphatic carbocycles. The fourth-order valence-electron chi connectivity index (χ4n) is 3.08. The summed E-state index contributed by atoms with van der Waals surface area (Å²) in [5, 5.41) is 6.71. The first-order valence-corrected chi connectivity index (χ1v) is 9.90. The van der Waals surface area contributed by atoms with E-state index in [1.54, 1.807) is 7.11 Å². The number of hydrogen-bond acceptors (Lipinski definition) is 4. The molecule has 1 aliphatic rings. The first-order chi connectivity index (χ1) is 12.9. The minimum absolute atomic E-state index is 0.0778. The van der Waals surface area contributed by atoms with Crippen LogP contribution in [-0.4, -0.2) is 58.6 Å². The zero-order chi connectivity index (χ0) is 19.7. The van der Waals surface area contributed by atoms with Crippen molar-refractivity contribution in [2.75, 3.05) is 51.4 Å². The monoisotopic (exact) mass is 376 g/mol. The minimum atomic E-state index is 0.0778. The van der Waals surface area contributed by atoms with Crippen LogP contribution in [0.3, 0.4) is 0 Å². The summed E-state index contributed by atoms with van der Waals surface area (Å²) in [4.78, 5) is 7.08. The van der Waals surface area contributed by atoms with Crippen molar-refractivity contribution in [1.29, 1.82) is 0 Å². The maximum atomic E-state index is 5.62. The number of nitrogens with zero attached hydrogens (tertiary/aromatic N) is 2. The van der Waals surface area contributed by atoms with Gasteiger partial charge in [0.15, 0.2) is 5.96 Å². The van der Waals surface area contributed by atoms with E-state index < -0.39 is 0 Å². The van der Waals surface area contributed by atoms with Gasteiger partial charge in [-0.2, -0.15) is 0 Å². The predicted molar refractivity (Wildman–Crippen MR) is 113 cm³/mol. The van der Waals surface area contributed by atoms with E-state index in [2.05, 4.69) is 67.5 Å². The van der Waals surface area contributed by atoms with E-state index in [0.717, 1.165) is 45.4 Å². The molecule has 1 unspecified atom stereocenters. The minimum Gasteiger partial charge on any atom is -0.379 e. The second-order valence-corrected chi connectivity index (χ2v) is 7.93. The largest absolute Gasteiger partial charge is 0.379 e. The first kappa shape index (κ1) is 21.5. The van der Waals surface area contributed by atoms with Crippen molar-refractivity contribution in [1.82, 2.24) is 10.6 Å². The Kier molecular flexibility index (Phi) is 8.38. The Bertz CT molecular complexity index is 575. The van der Waals surface area contributed by atoms with E-state index in [4.69, 9.17) is 14.5 Å². The molecule has 0 spiro atoms. The fraction of sp³-hybridized carbons (Fsp3) is 0.667. The number of benzene rings is 1. The van der Waals surface area contributed by atoms with E-state index in [9.17, 15) is 0 Å². The predicted octanol–water partition coefficient (Wildman–Crippen LogP) is 2.64. The number of nitrogens with one attached hydrogen (secondary N) is 2. The number of guanidine groups is 1. The van der Waals surface area contributed by atoms with E-state index in [-0.39, 0.29) is 11.5 Å². The third-order valence-corrected chi connectivity index (χ3v) is 4.78. The summed E-state index contributed by atoms with van der Waals surface area (Å²) in [7, 11) is 1.76. The van der Waals surface area contributed by atoms with Crippen LogP contribution in [0.2, 0.25) is 0 Å². The summed E-state index contributed by atoms with van der Waals surface area (Å²) in [5.74, 6) is 0.820. The van der Waals surface area contributed by atoms with Gasteiger partial charge in [0, 0.05) is 39.0 Å². The molecular formula is C21H36N4O2. The molecule has 6 nitrogen and oxygen atoms in total. The molecule has 0 radical (unpaired) electrons. The molecule has 1 heterocycles. The Balaban J connectivity index is 1.93. The Labute approximate surface area is 164 Å². The lowest BCUT2D eigenvalue weighted by molar-refractivity contribution is 0.0205. The highest BCUT2D eigenvalue weighted by Gasteiger charge is 2.24. The molecule has 0 saturated carbocycles. The van der Waals surface area contributed by atoms with Crippen molar-refractivity contribution < 1.29 is 9.47 Å². The van der Waals surface area contributed by atoms with Gasteiger partial charge in [0.05, 0.1) is 25.9 Å². The van der Waals surface area contributed by atoms with Gasteiger partial charge >= 0.3 is 0 Å². The number of anilines is 1. The maximum absolute atomic E-state index is 5.62. The summed E-state index contributed by atoms with van der Waals surface area (Å²) in [6.07, 6.45) is 0.120. The molecule has 1 aliphatic heterocycles. The van der Waals surface area contributed by atoms with E-state index in [1.807, 2.05) is 0 Å². The Morgan fingerprint density at radius 1 is 1.19 bits per heavy atom. The van der Waals surface area contributed by atoms with Crippen molar-refractivity contribution >= 4 is 11.6 Å². The van der Waals surface area contributed by atoms with E-state index in [0.29, 0.717) is 6.54 Å². The second kappa shape index (κ2) is 10.5. The van der Waals surface area contributed by atoms with Gasteiger partial charge in [-0.15, -0.1) is 0 Å². The zero-order valence-electron chi connectivity index (χ0n) is 17.5. The molecular weight excluding hydrogens is 340 g/mol. The average Bonchev–Trinajstić information content (AvgIpc) is 2.66. The quantitative estimate of drug-likeness (QED) is 0.566. The molecule has 0 aromatic heterocycles. The fourth-order valence-corrected chi connectivity index (χ4v) is 3.08. The van der Waals surface area contributed by atoms with Crippen molar-refractivity contribution in [2.45, 2.75) is 40.3 Å². The molecule has 2 N–H and O–H groups in total. The van der Waals surface area contributed by atoms with Crippen LogP contribution in [0.5, 0.6) is 0 Å². The molecule has 1 fully saturated rings. The molecule has 1 atom stereocenters. The van der Waals surface area contributed by atoms with Crippen LogP contribution in [0.15, 0.2) is 29.3 Å². The third-order valence-electron chi connectivity index (χ3n) is 4.78. The molecule has 152 valence electrons. The molecule has 27 heavy (non-hydrogen) atoms.